The van der Waals surface area contributed by atoms with Crippen molar-refractivity contribution in [1.29, 1.82) is 0 Å². The molecule has 0 bridgehead atoms. The highest BCUT2D eigenvalue weighted by Gasteiger charge is 2.16. The van der Waals surface area contributed by atoms with Gasteiger partial charge < -0.3 is 9.26 Å². The van der Waals surface area contributed by atoms with Crippen LogP contribution in [-0.2, 0) is 6.42 Å². The number of nitrogens with zero attached hydrogens (tertiary/aromatic N) is 3. The van der Waals surface area contributed by atoms with Gasteiger partial charge in [0.1, 0.15) is 5.75 Å². The van der Waals surface area contributed by atoms with Gasteiger partial charge >= 0.3 is 0 Å². The number of ether oxygens (including phenoxy) is 1. The lowest BCUT2D eigenvalue weighted by Gasteiger charge is -2.00. The highest BCUT2D eigenvalue weighted by atomic mass is 16.6. The third-order valence-electron chi connectivity index (χ3n) is 3.64. The van der Waals surface area contributed by atoms with Crippen molar-refractivity contribution in [3.8, 4) is 17.2 Å². The average molecular weight is 325 g/mol. The van der Waals surface area contributed by atoms with Crippen molar-refractivity contribution >= 4 is 5.69 Å². The van der Waals surface area contributed by atoms with Crippen LogP contribution in [0.1, 0.15) is 17.0 Å². The Morgan fingerprint density at radius 2 is 1.96 bits per heavy atom. The molecule has 0 unspecified atom stereocenters. The van der Waals surface area contributed by atoms with Crippen LogP contribution >= 0.6 is 0 Å². The van der Waals surface area contributed by atoms with Crippen LogP contribution in [0.4, 0.5) is 5.69 Å². The molecule has 24 heavy (non-hydrogen) atoms. The number of aryl methyl sites for hydroxylation is 1. The number of hydrogen-bond donors (Lipinski definition) is 0. The smallest absolute Gasteiger partial charge is 0.273 e. The maximum Gasteiger partial charge on any atom is 0.273 e. The number of rotatable bonds is 5. The predicted molar refractivity (Wildman–Crippen MR) is 86.9 cm³/mol. The fraction of sp³-hybridized carbons (Fsp3) is 0.176. The lowest BCUT2D eigenvalue weighted by molar-refractivity contribution is -0.385. The second kappa shape index (κ2) is 6.49. The summed E-state index contributed by atoms with van der Waals surface area (Å²) in [6, 6.07) is 12.4. The molecule has 7 nitrogen and oxygen atoms in total. The van der Waals surface area contributed by atoms with Gasteiger partial charge in [-0.2, -0.15) is 4.98 Å². The van der Waals surface area contributed by atoms with Gasteiger partial charge in [-0.05, 0) is 30.7 Å². The largest absolute Gasteiger partial charge is 0.497 e. The van der Waals surface area contributed by atoms with E-state index < -0.39 is 4.92 Å². The van der Waals surface area contributed by atoms with Gasteiger partial charge in [0, 0.05) is 23.6 Å². The Hall–Kier alpha value is -3.22. The van der Waals surface area contributed by atoms with Crippen molar-refractivity contribution in [2.24, 2.45) is 0 Å². The van der Waals surface area contributed by atoms with Crippen molar-refractivity contribution < 1.29 is 14.2 Å². The van der Waals surface area contributed by atoms with Gasteiger partial charge in [-0.3, -0.25) is 10.1 Å². The summed E-state index contributed by atoms with van der Waals surface area (Å²) < 4.78 is 10.4. The topological polar surface area (TPSA) is 91.3 Å². The molecular formula is C17H15N3O4. The number of nitro groups is 1. The molecule has 2 aromatic carbocycles. The van der Waals surface area contributed by atoms with E-state index in [4.69, 9.17) is 9.26 Å². The van der Waals surface area contributed by atoms with E-state index >= 15 is 0 Å². The van der Waals surface area contributed by atoms with Crippen LogP contribution in [0.3, 0.4) is 0 Å². The summed E-state index contributed by atoms with van der Waals surface area (Å²) >= 11 is 0. The molecule has 0 aliphatic heterocycles. The zero-order valence-electron chi connectivity index (χ0n) is 13.2. The summed E-state index contributed by atoms with van der Waals surface area (Å²) in [4.78, 5) is 14.9. The summed E-state index contributed by atoms with van der Waals surface area (Å²) in [5.74, 6) is 1.56. The zero-order valence-corrected chi connectivity index (χ0v) is 13.2. The van der Waals surface area contributed by atoms with Crippen molar-refractivity contribution in [1.82, 2.24) is 10.1 Å². The summed E-state index contributed by atoms with van der Waals surface area (Å²) in [5, 5.41) is 15.0. The molecule has 1 heterocycles. The van der Waals surface area contributed by atoms with E-state index in [1.807, 2.05) is 24.3 Å². The van der Waals surface area contributed by atoms with E-state index in [0.717, 1.165) is 11.3 Å². The monoisotopic (exact) mass is 325 g/mol. The van der Waals surface area contributed by atoms with Gasteiger partial charge in [0.25, 0.3) is 11.6 Å². The van der Waals surface area contributed by atoms with E-state index in [1.165, 1.54) is 6.07 Å². The number of aromatic nitrogens is 2. The molecule has 0 fully saturated rings. The minimum atomic E-state index is -0.423. The van der Waals surface area contributed by atoms with Crippen LogP contribution < -0.4 is 4.74 Å². The molecule has 0 saturated carbocycles. The molecule has 0 aliphatic carbocycles. The van der Waals surface area contributed by atoms with E-state index in [1.54, 1.807) is 26.2 Å². The second-order valence-electron chi connectivity index (χ2n) is 5.30. The maximum atomic E-state index is 11.0. The summed E-state index contributed by atoms with van der Waals surface area (Å²) in [7, 11) is 1.61. The van der Waals surface area contributed by atoms with Gasteiger partial charge in [-0.1, -0.05) is 23.4 Å². The van der Waals surface area contributed by atoms with E-state index in [-0.39, 0.29) is 11.6 Å². The lowest BCUT2D eigenvalue weighted by atomic mass is 10.1. The first-order chi connectivity index (χ1) is 11.6. The molecule has 122 valence electrons. The molecule has 0 N–H and O–H groups in total. The van der Waals surface area contributed by atoms with Gasteiger partial charge in [0.15, 0.2) is 5.82 Å². The van der Waals surface area contributed by atoms with E-state index in [0.29, 0.717) is 23.4 Å². The van der Waals surface area contributed by atoms with Gasteiger partial charge in [-0.25, -0.2) is 0 Å². The molecule has 0 saturated heterocycles. The van der Waals surface area contributed by atoms with Gasteiger partial charge in [0.05, 0.1) is 12.0 Å². The normalized spacial score (nSPS) is 10.6. The first-order valence-electron chi connectivity index (χ1n) is 7.28. The minimum absolute atomic E-state index is 0.0300. The lowest BCUT2D eigenvalue weighted by Crippen LogP contribution is -1.93. The number of benzene rings is 2. The molecule has 1 aromatic heterocycles. The summed E-state index contributed by atoms with van der Waals surface area (Å²) in [5.41, 5.74) is 2.16. The number of hydrogen-bond acceptors (Lipinski definition) is 6. The van der Waals surface area contributed by atoms with Crippen LogP contribution in [-0.4, -0.2) is 22.2 Å². The molecule has 0 radical (unpaired) electrons. The number of nitro benzene ring substituents is 1. The Morgan fingerprint density at radius 1 is 1.21 bits per heavy atom. The van der Waals surface area contributed by atoms with Crippen molar-refractivity contribution in [2.75, 3.05) is 7.11 Å². The van der Waals surface area contributed by atoms with Crippen molar-refractivity contribution in [2.45, 2.75) is 13.3 Å². The summed E-state index contributed by atoms with van der Waals surface area (Å²) in [6.45, 7) is 1.69. The molecule has 0 amide bonds. The average Bonchev–Trinajstić information content (AvgIpc) is 3.04. The molecule has 0 aliphatic rings. The maximum absolute atomic E-state index is 11.0. The highest BCUT2D eigenvalue weighted by Crippen LogP contribution is 2.26. The Balaban J connectivity index is 1.82. The van der Waals surface area contributed by atoms with Crippen molar-refractivity contribution in [3.63, 3.8) is 0 Å². The van der Waals surface area contributed by atoms with Gasteiger partial charge in [-0.15, -0.1) is 0 Å². The van der Waals surface area contributed by atoms with Crippen molar-refractivity contribution in [3.05, 3.63) is 69.5 Å². The summed E-state index contributed by atoms with van der Waals surface area (Å²) in [6.07, 6.45) is 0.501. The minimum Gasteiger partial charge on any atom is -0.497 e. The SMILES string of the molecule is COc1ccc(Cc2noc(-c3ccc(C)c([N+](=O)[O-])c3)n2)cc1. The van der Waals surface area contributed by atoms with Crippen LogP contribution in [0.15, 0.2) is 47.0 Å². The molecule has 3 rings (SSSR count). The van der Waals surface area contributed by atoms with Crippen LogP contribution in [0.2, 0.25) is 0 Å². The fourth-order valence-corrected chi connectivity index (χ4v) is 2.31. The van der Waals surface area contributed by atoms with Gasteiger partial charge in [0.2, 0.25) is 0 Å². The van der Waals surface area contributed by atoms with Crippen LogP contribution in [0.5, 0.6) is 5.75 Å². The Morgan fingerprint density at radius 3 is 2.62 bits per heavy atom. The Kier molecular flexibility index (Phi) is 4.24. The van der Waals surface area contributed by atoms with E-state index in [2.05, 4.69) is 10.1 Å². The Bertz CT molecular complexity index is 872. The van der Waals surface area contributed by atoms with Crippen LogP contribution in [0, 0.1) is 17.0 Å². The zero-order chi connectivity index (χ0) is 17.1. The van der Waals surface area contributed by atoms with E-state index in [9.17, 15) is 10.1 Å². The molecule has 0 spiro atoms. The quantitative estimate of drug-likeness (QED) is 0.526. The first-order valence-corrected chi connectivity index (χ1v) is 7.28. The predicted octanol–water partition coefficient (Wildman–Crippen LogP) is 3.55. The first kappa shape index (κ1) is 15.7. The Labute approximate surface area is 138 Å². The highest BCUT2D eigenvalue weighted by molar-refractivity contribution is 5.59. The fourth-order valence-electron chi connectivity index (χ4n) is 2.31. The number of methoxy groups -OCH3 is 1. The third-order valence-corrected chi connectivity index (χ3v) is 3.64. The molecule has 7 heteroatoms. The standard InChI is InChI=1S/C17H15N3O4/c1-11-3-6-13(10-15(11)20(21)22)17-18-16(19-24-17)9-12-4-7-14(23-2)8-5-12/h3-8,10H,9H2,1-2H3. The third kappa shape index (κ3) is 3.24. The second-order valence-corrected chi connectivity index (χ2v) is 5.30. The van der Waals surface area contributed by atoms with Crippen LogP contribution in [0.25, 0.3) is 11.5 Å². The molecule has 3 aromatic rings. The molecular weight excluding hydrogens is 310 g/mol. The molecule has 0 atom stereocenters.